The third-order valence-corrected chi connectivity index (χ3v) is 4.12. The molecule has 118 valence electrons. The summed E-state index contributed by atoms with van der Waals surface area (Å²) in [7, 11) is 2.04. The zero-order valence-corrected chi connectivity index (χ0v) is 13.7. The van der Waals surface area contributed by atoms with Crippen LogP contribution < -0.4 is 10.1 Å². The molecule has 21 heavy (non-hydrogen) atoms. The largest absolute Gasteiger partial charge is 0.491 e. The van der Waals surface area contributed by atoms with Crippen LogP contribution in [-0.2, 0) is 11.2 Å². The molecule has 0 fully saturated rings. The Morgan fingerprint density at radius 1 is 1.24 bits per heavy atom. The van der Waals surface area contributed by atoms with Crippen molar-refractivity contribution in [1.82, 2.24) is 5.32 Å². The van der Waals surface area contributed by atoms with Crippen LogP contribution in [0.5, 0.6) is 5.75 Å². The minimum atomic E-state index is 0.472. The zero-order chi connectivity index (χ0) is 15.1. The summed E-state index contributed by atoms with van der Waals surface area (Å²) in [4.78, 5) is 0. The molecule has 3 heteroatoms. The normalized spacial score (nSPS) is 17.8. The standard InChI is InChI=1S/C18H29NO2/c1-14(2)9-10-20-11-12-21-16-8-7-15-5-4-6-18(19-3)17(15)13-16/h7-8,13-14,18-19H,4-6,9-12H2,1-3H3. The topological polar surface area (TPSA) is 30.5 Å². The third kappa shape index (κ3) is 5.01. The predicted octanol–water partition coefficient (Wildman–Crippen LogP) is 3.72. The van der Waals surface area contributed by atoms with E-state index in [4.69, 9.17) is 9.47 Å². The van der Waals surface area contributed by atoms with Crippen molar-refractivity contribution in [3.63, 3.8) is 0 Å². The summed E-state index contributed by atoms with van der Waals surface area (Å²) >= 11 is 0. The number of rotatable bonds is 8. The number of hydrogen-bond acceptors (Lipinski definition) is 3. The lowest BCUT2D eigenvalue weighted by Gasteiger charge is -2.25. The first-order valence-corrected chi connectivity index (χ1v) is 8.21. The van der Waals surface area contributed by atoms with Gasteiger partial charge in [-0.05, 0) is 61.9 Å². The minimum absolute atomic E-state index is 0.472. The Kier molecular flexibility index (Phi) is 6.52. The van der Waals surface area contributed by atoms with Crippen molar-refractivity contribution in [3.05, 3.63) is 29.3 Å². The molecule has 0 bridgehead atoms. The molecule has 1 aromatic carbocycles. The van der Waals surface area contributed by atoms with Crippen molar-refractivity contribution >= 4 is 0 Å². The average molecular weight is 291 g/mol. The molecule has 1 aromatic rings. The molecule has 0 aliphatic heterocycles. The van der Waals surface area contributed by atoms with Gasteiger partial charge >= 0.3 is 0 Å². The molecule has 1 aliphatic carbocycles. The maximum Gasteiger partial charge on any atom is 0.119 e. The molecule has 0 spiro atoms. The Hall–Kier alpha value is -1.06. The van der Waals surface area contributed by atoms with Crippen LogP contribution in [0.3, 0.4) is 0 Å². The van der Waals surface area contributed by atoms with Gasteiger partial charge in [-0.25, -0.2) is 0 Å². The lowest BCUT2D eigenvalue weighted by atomic mass is 9.87. The lowest BCUT2D eigenvalue weighted by Crippen LogP contribution is -2.21. The van der Waals surface area contributed by atoms with Crippen molar-refractivity contribution in [2.45, 2.75) is 45.6 Å². The predicted molar refractivity (Wildman–Crippen MR) is 86.9 cm³/mol. The molecule has 3 nitrogen and oxygen atoms in total. The highest BCUT2D eigenvalue weighted by Crippen LogP contribution is 2.32. The number of nitrogens with one attached hydrogen (secondary N) is 1. The van der Waals surface area contributed by atoms with E-state index in [-0.39, 0.29) is 0 Å². The smallest absolute Gasteiger partial charge is 0.119 e. The van der Waals surface area contributed by atoms with E-state index in [1.165, 1.54) is 30.4 Å². The number of aryl methyl sites for hydroxylation is 1. The van der Waals surface area contributed by atoms with Gasteiger partial charge in [0.1, 0.15) is 12.4 Å². The van der Waals surface area contributed by atoms with Crippen LogP contribution in [0.2, 0.25) is 0 Å². The second-order valence-electron chi connectivity index (χ2n) is 6.24. The van der Waals surface area contributed by atoms with Crippen LogP contribution in [0.4, 0.5) is 0 Å². The van der Waals surface area contributed by atoms with E-state index in [0.717, 1.165) is 18.8 Å². The van der Waals surface area contributed by atoms with Crippen LogP contribution >= 0.6 is 0 Å². The van der Waals surface area contributed by atoms with Gasteiger partial charge in [-0.2, -0.15) is 0 Å². The summed E-state index contributed by atoms with van der Waals surface area (Å²) < 4.78 is 11.4. The number of benzene rings is 1. The maximum absolute atomic E-state index is 5.82. The summed E-state index contributed by atoms with van der Waals surface area (Å²) in [5.41, 5.74) is 2.86. The lowest BCUT2D eigenvalue weighted by molar-refractivity contribution is 0.0925. The van der Waals surface area contributed by atoms with Gasteiger partial charge in [0, 0.05) is 12.6 Å². The fourth-order valence-electron chi connectivity index (χ4n) is 2.81. The van der Waals surface area contributed by atoms with E-state index >= 15 is 0 Å². The highest BCUT2D eigenvalue weighted by molar-refractivity contribution is 5.39. The fourth-order valence-corrected chi connectivity index (χ4v) is 2.81. The van der Waals surface area contributed by atoms with Crippen molar-refractivity contribution in [2.24, 2.45) is 5.92 Å². The van der Waals surface area contributed by atoms with Crippen molar-refractivity contribution < 1.29 is 9.47 Å². The van der Waals surface area contributed by atoms with Gasteiger partial charge in [0.15, 0.2) is 0 Å². The molecule has 0 saturated heterocycles. The molecule has 0 amide bonds. The Bertz CT molecular complexity index is 431. The summed E-state index contributed by atoms with van der Waals surface area (Å²) in [6, 6.07) is 6.97. The molecular formula is C18H29NO2. The Morgan fingerprint density at radius 2 is 2.10 bits per heavy atom. The van der Waals surface area contributed by atoms with Crippen molar-refractivity contribution in [3.8, 4) is 5.75 Å². The van der Waals surface area contributed by atoms with Crippen LogP contribution in [0.25, 0.3) is 0 Å². The average Bonchev–Trinajstić information content (AvgIpc) is 2.49. The number of hydrogen-bond donors (Lipinski definition) is 1. The van der Waals surface area contributed by atoms with E-state index in [1.54, 1.807) is 0 Å². The van der Waals surface area contributed by atoms with Gasteiger partial charge < -0.3 is 14.8 Å². The molecule has 1 atom stereocenters. The molecule has 0 aromatic heterocycles. The molecule has 1 aliphatic rings. The summed E-state index contributed by atoms with van der Waals surface area (Å²) in [6.07, 6.45) is 4.78. The monoisotopic (exact) mass is 291 g/mol. The second kappa shape index (κ2) is 8.40. The van der Waals surface area contributed by atoms with Gasteiger partial charge in [0.2, 0.25) is 0 Å². The van der Waals surface area contributed by atoms with E-state index in [1.807, 2.05) is 7.05 Å². The van der Waals surface area contributed by atoms with Crippen LogP contribution in [0.15, 0.2) is 18.2 Å². The van der Waals surface area contributed by atoms with Gasteiger partial charge in [-0.3, -0.25) is 0 Å². The van der Waals surface area contributed by atoms with Gasteiger partial charge in [-0.1, -0.05) is 19.9 Å². The first-order valence-electron chi connectivity index (χ1n) is 8.21. The fraction of sp³-hybridized carbons (Fsp3) is 0.667. The van der Waals surface area contributed by atoms with Crippen LogP contribution in [0.1, 0.15) is 50.3 Å². The minimum Gasteiger partial charge on any atom is -0.491 e. The molecule has 2 rings (SSSR count). The maximum atomic E-state index is 5.82. The van der Waals surface area contributed by atoms with Gasteiger partial charge in [0.05, 0.1) is 6.61 Å². The summed E-state index contributed by atoms with van der Waals surface area (Å²) in [6.45, 7) is 6.55. The van der Waals surface area contributed by atoms with E-state index in [9.17, 15) is 0 Å². The number of fused-ring (bicyclic) bond motifs is 1. The SMILES string of the molecule is CNC1CCCc2ccc(OCCOCCC(C)C)cc21. The summed E-state index contributed by atoms with van der Waals surface area (Å²) in [5.74, 6) is 1.66. The molecular weight excluding hydrogens is 262 g/mol. The summed E-state index contributed by atoms with van der Waals surface area (Å²) in [5, 5.41) is 3.40. The second-order valence-corrected chi connectivity index (χ2v) is 6.24. The number of ether oxygens (including phenoxy) is 2. The molecule has 1 N–H and O–H groups in total. The Morgan fingerprint density at radius 3 is 2.86 bits per heavy atom. The highest BCUT2D eigenvalue weighted by Gasteiger charge is 2.19. The van der Waals surface area contributed by atoms with Gasteiger partial charge in [0.25, 0.3) is 0 Å². The Labute approximate surface area is 129 Å². The highest BCUT2D eigenvalue weighted by atomic mass is 16.5. The molecule has 0 saturated carbocycles. The molecule has 0 heterocycles. The van der Waals surface area contributed by atoms with Crippen molar-refractivity contribution in [2.75, 3.05) is 26.9 Å². The zero-order valence-electron chi connectivity index (χ0n) is 13.7. The third-order valence-electron chi connectivity index (χ3n) is 4.12. The molecule has 0 radical (unpaired) electrons. The van der Waals surface area contributed by atoms with Crippen LogP contribution in [-0.4, -0.2) is 26.9 Å². The van der Waals surface area contributed by atoms with E-state index < -0.39 is 0 Å². The van der Waals surface area contributed by atoms with Crippen LogP contribution in [0, 0.1) is 5.92 Å². The first kappa shape index (κ1) is 16.3. The van der Waals surface area contributed by atoms with E-state index in [2.05, 4.69) is 37.4 Å². The van der Waals surface area contributed by atoms with Crippen molar-refractivity contribution in [1.29, 1.82) is 0 Å². The van der Waals surface area contributed by atoms with E-state index in [0.29, 0.717) is 25.2 Å². The van der Waals surface area contributed by atoms with Gasteiger partial charge in [-0.15, -0.1) is 0 Å². The Balaban J connectivity index is 1.79. The quantitative estimate of drug-likeness (QED) is 0.740. The first-order chi connectivity index (χ1) is 10.2. The molecule has 1 unspecified atom stereocenters.